The molecule has 3 atom stereocenters. The van der Waals surface area contributed by atoms with Crippen molar-refractivity contribution < 1.29 is 4.42 Å². The minimum atomic E-state index is 0.543. The molecule has 0 spiro atoms. The minimum absolute atomic E-state index is 0.543. The molecule has 1 aromatic rings. The van der Waals surface area contributed by atoms with E-state index in [9.17, 15) is 0 Å². The highest BCUT2D eigenvalue weighted by Crippen LogP contribution is 2.41. The molecule has 4 heteroatoms. The number of nitrogens with one attached hydrogen (secondary N) is 1. The van der Waals surface area contributed by atoms with Crippen molar-refractivity contribution in [3.8, 4) is 0 Å². The minimum Gasteiger partial charge on any atom is -0.408 e. The second-order valence-electron chi connectivity index (χ2n) is 5.98. The van der Waals surface area contributed by atoms with Crippen molar-refractivity contribution in [2.75, 3.05) is 11.9 Å². The van der Waals surface area contributed by atoms with E-state index in [1.165, 1.54) is 32.1 Å². The molecule has 1 heterocycles. The Hall–Kier alpha value is -1.32. The van der Waals surface area contributed by atoms with Crippen molar-refractivity contribution in [3.63, 3.8) is 0 Å². The Bertz CT molecular complexity index is 463. The summed E-state index contributed by atoms with van der Waals surface area (Å²) in [6.07, 6.45) is 11.3. The van der Waals surface area contributed by atoms with Gasteiger partial charge in [-0.25, -0.2) is 0 Å². The van der Waals surface area contributed by atoms with Gasteiger partial charge in [-0.3, -0.25) is 0 Å². The van der Waals surface area contributed by atoms with E-state index in [1.54, 1.807) is 0 Å². The summed E-state index contributed by atoms with van der Waals surface area (Å²) in [5.74, 6) is 3.68. The number of hydrogen-bond donors (Lipinski definition) is 1. The van der Waals surface area contributed by atoms with Gasteiger partial charge >= 0.3 is 6.01 Å². The molecule has 5 rings (SSSR count). The number of fused-ring (bicyclic) bond motifs is 2. The molecule has 0 aromatic carbocycles. The topological polar surface area (TPSA) is 51.0 Å². The van der Waals surface area contributed by atoms with Gasteiger partial charge in [-0.1, -0.05) is 17.3 Å². The third kappa shape index (κ3) is 1.93. The third-order valence-electron chi connectivity index (χ3n) is 4.59. The maximum atomic E-state index is 5.63. The van der Waals surface area contributed by atoms with Gasteiger partial charge in [0.1, 0.15) is 0 Å². The van der Waals surface area contributed by atoms with Crippen LogP contribution in [0, 0.1) is 17.8 Å². The van der Waals surface area contributed by atoms with Crippen molar-refractivity contribution in [2.45, 2.75) is 38.0 Å². The molecule has 4 aliphatic carbocycles. The van der Waals surface area contributed by atoms with E-state index in [-0.39, 0.29) is 0 Å². The summed E-state index contributed by atoms with van der Waals surface area (Å²) in [6, 6.07) is 0.613. The quantitative estimate of drug-likeness (QED) is 0.829. The first-order valence-electron chi connectivity index (χ1n) is 7.14. The number of anilines is 1. The SMILES string of the molecule is C1=CC2CCC1CC2CNc1nnc(C2CC2)o1. The van der Waals surface area contributed by atoms with Crippen LogP contribution in [0.25, 0.3) is 0 Å². The molecule has 3 unspecified atom stereocenters. The average Bonchev–Trinajstić information content (AvgIpc) is 3.17. The van der Waals surface area contributed by atoms with Crippen LogP contribution in [0.2, 0.25) is 0 Å². The maximum absolute atomic E-state index is 5.63. The Morgan fingerprint density at radius 2 is 2.11 bits per heavy atom. The van der Waals surface area contributed by atoms with E-state index < -0.39 is 0 Å². The molecule has 2 saturated carbocycles. The molecular weight excluding hydrogens is 226 g/mol. The van der Waals surface area contributed by atoms with Gasteiger partial charge in [-0.05, 0) is 49.9 Å². The second-order valence-corrected chi connectivity index (χ2v) is 5.98. The number of rotatable bonds is 4. The summed E-state index contributed by atoms with van der Waals surface area (Å²) in [5.41, 5.74) is 0. The Morgan fingerprint density at radius 3 is 2.78 bits per heavy atom. The number of nitrogens with zero attached hydrogens (tertiary/aromatic N) is 2. The zero-order valence-electron chi connectivity index (χ0n) is 10.5. The molecule has 4 nitrogen and oxygen atoms in total. The van der Waals surface area contributed by atoms with Crippen LogP contribution in [0.1, 0.15) is 43.9 Å². The fourth-order valence-corrected chi connectivity index (χ4v) is 3.31. The van der Waals surface area contributed by atoms with Gasteiger partial charge in [0.25, 0.3) is 0 Å². The summed E-state index contributed by atoms with van der Waals surface area (Å²) < 4.78 is 5.63. The van der Waals surface area contributed by atoms with Crippen LogP contribution >= 0.6 is 0 Å². The van der Waals surface area contributed by atoms with Crippen molar-refractivity contribution >= 4 is 6.01 Å². The Kier molecular flexibility index (Phi) is 2.42. The first-order valence-corrected chi connectivity index (χ1v) is 7.14. The van der Waals surface area contributed by atoms with Gasteiger partial charge in [0.15, 0.2) is 0 Å². The molecule has 0 amide bonds. The van der Waals surface area contributed by atoms with E-state index in [1.807, 2.05) is 0 Å². The lowest BCUT2D eigenvalue weighted by atomic mass is 9.69. The summed E-state index contributed by atoms with van der Waals surface area (Å²) >= 11 is 0. The largest absolute Gasteiger partial charge is 0.408 e. The molecule has 0 radical (unpaired) electrons. The van der Waals surface area contributed by atoms with Crippen LogP contribution in [-0.4, -0.2) is 16.7 Å². The number of hydrogen-bond acceptors (Lipinski definition) is 4. The number of aromatic nitrogens is 2. The van der Waals surface area contributed by atoms with Gasteiger partial charge < -0.3 is 9.73 Å². The van der Waals surface area contributed by atoms with E-state index in [4.69, 9.17) is 4.42 Å². The molecule has 0 saturated heterocycles. The summed E-state index contributed by atoms with van der Waals surface area (Å²) in [5, 5.41) is 11.5. The van der Waals surface area contributed by atoms with Crippen molar-refractivity contribution in [2.24, 2.45) is 17.8 Å². The van der Waals surface area contributed by atoms with Crippen LogP contribution in [0.15, 0.2) is 16.6 Å². The molecule has 18 heavy (non-hydrogen) atoms. The molecule has 96 valence electrons. The van der Waals surface area contributed by atoms with Crippen LogP contribution in [0.5, 0.6) is 0 Å². The highest BCUT2D eigenvalue weighted by molar-refractivity contribution is 5.20. The fraction of sp³-hybridized carbons (Fsp3) is 0.714. The first-order chi connectivity index (χ1) is 8.88. The highest BCUT2D eigenvalue weighted by atomic mass is 16.4. The summed E-state index contributed by atoms with van der Waals surface area (Å²) in [7, 11) is 0. The van der Waals surface area contributed by atoms with Crippen molar-refractivity contribution in [1.29, 1.82) is 0 Å². The molecule has 4 aliphatic rings. The molecule has 1 N–H and O–H groups in total. The normalized spacial score (nSPS) is 33.9. The smallest absolute Gasteiger partial charge is 0.315 e. The second kappa shape index (κ2) is 4.11. The van der Waals surface area contributed by atoms with Crippen LogP contribution < -0.4 is 5.32 Å². The molecule has 2 fully saturated rings. The van der Waals surface area contributed by atoms with Gasteiger partial charge in [0, 0.05) is 12.5 Å². The van der Waals surface area contributed by atoms with Crippen LogP contribution in [0.4, 0.5) is 6.01 Å². The molecular formula is C14H19N3O. The lowest BCUT2D eigenvalue weighted by molar-refractivity contribution is 0.230. The van der Waals surface area contributed by atoms with Crippen LogP contribution in [0.3, 0.4) is 0 Å². The monoisotopic (exact) mass is 245 g/mol. The Balaban J connectivity index is 1.36. The zero-order valence-corrected chi connectivity index (χ0v) is 10.5. The zero-order chi connectivity index (χ0) is 11.9. The van der Waals surface area contributed by atoms with E-state index in [2.05, 4.69) is 27.7 Å². The lowest BCUT2D eigenvalue weighted by Gasteiger charge is -2.37. The maximum Gasteiger partial charge on any atom is 0.315 e. The van der Waals surface area contributed by atoms with Crippen molar-refractivity contribution in [1.82, 2.24) is 10.2 Å². The average molecular weight is 245 g/mol. The van der Waals surface area contributed by atoms with E-state index >= 15 is 0 Å². The number of allylic oxidation sites excluding steroid dienone is 2. The molecule has 0 aliphatic heterocycles. The molecule has 1 aromatic heterocycles. The van der Waals surface area contributed by atoms with Gasteiger partial charge in [-0.2, -0.15) is 0 Å². The Labute approximate surface area is 107 Å². The Morgan fingerprint density at radius 1 is 1.17 bits per heavy atom. The van der Waals surface area contributed by atoms with Gasteiger partial charge in [-0.15, -0.1) is 5.10 Å². The summed E-state index contributed by atoms with van der Waals surface area (Å²) in [6.45, 7) is 0.970. The predicted molar refractivity (Wildman–Crippen MR) is 68.2 cm³/mol. The standard InChI is InChI=1S/C14H19N3O/c1-3-10-4-2-9(1)7-12(10)8-15-14-17-16-13(18-14)11-5-6-11/h1,3,9-12H,2,4-8H2,(H,15,17). The highest BCUT2D eigenvalue weighted by Gasteiger charge is 2.32. The van der Waals surface area contributed by atoms with Crippen LogP contribution in [-0.2, 0) is 0 Å². The van der Waals surface area contributed by atoms with E-state index in [0.717, 1.165) is 30.2 Å². The fourth-order valence-electron chi connectivity index (χ4n) is 3.31. The first kappa shape index (κ1) is 10.6. The lowest BCUT2D eigenvalue weighted by Crippen LogP contribution is -2.31. The third-order valence-corrected chi connectivity index (χ3v) is 4.59. The van der Waals surface area contributed by atoms with Gasteiger partial charge in [0.2, 0.25) is 5.89 Å². The van der Waals surface area contributed by atoms with E-state index in [0.29, 0.717) is 11.9 Å². The molecule has 2 bridgehead atoms. The summed E-state index contributed by atoms with van der Waals surface area (Å²) in [4.78, 5) is 0. The predicted octanol–water partition coefficient (Wildman–Crippen LogP) is 2.96. The van der Waals surface area contributed by atoms with Gasteiger partial charge in [0.05, 0.1) is 0 Å². The van der Waals surface area contributed by atoms with Crippen molar-refractivity contribution in [3.05, 3.63) is 18.0 Å².